The molecule has 0 unspecified atom stereocenters. The van der Waals surface area contributed by atoms with Crippen LogP contribution in [0.25, 0.3) is 0 Å². The fourth-order valence-corrected chi connectivity index (χ4v) is 5.66. The molecule has 4 aliphatic rings. The Morgan fingerprint density at radius 3 is 2.67 bits per heavy atom. The number of hydrogen-bond donors (Lipinski definition) is 3. The van der Waals surface area contributed by atoms with E-state index in [0.717, 1.165) is 51.4 Å². The molecular weight excluding hydrogens is 466 g/mol. The molecule has 200 valence electrons. The quantitative estimate of drug-likeness (QED) is 0.393. The van der Waals surface area contributed by atoms with Gasteiger partial charge in [-0.2, -0.15) is 0 Å². The molecule has 10 heteroatoms. The van der Waals surface area contributed by atoms with E-state index in [1.165, 1.54) is 4.90 Å². The van der Waals surface area contributed by atoms with Crippen LogP contribution in [0.3, 0.4) is 0 Å². The molecule has 2 aliphatic carbocycles. The van der Waals surface area contributed by atoms with Gasteiger partial charge in [0, 0.05) is 18.9 Å². The van der Waals surface area contributed by atoms with E-state index in [2.05, 4.69) is 10.6 Å². The Bertz CT molecular complexity index is 872. The van der Waals surface area contributed by atoms with Crippen LogP contribution in [0.1, 0.15) is 77.6 Å². The third-order valence-corrected chi connectivity index (χ3v) is 7.76. The zero-order chi connectivity index (χ0) is 25.7. The maximum absolute atomic E-state index is 13.6. The normalized spacial score (nSPS) is 34.4. The molecule has 2 heterocycles. The maximum Gasteiger partial charge on any atom is 0.408 e. The van der Waals surface area contributed by atoms with Crippen molar-refractivity contribution in [2.24, 2.45) is 5.92 Å². The number of allylic oxidation sites excluding steroid dienone is 1. The number of esters is 1. The lowest BCUT2D eigenvalue weighted by molar-refractivity contribution is -0.150. The highest BCUT2D eigenvalue weighted by atomic mass is 16.6. The van der Waals surface area contributed by atoms with Crippen LogP contribution in [0.4, 0.5) is 4.79 Å². The number of amides is 3. The number of alkyl carbamates (subject to hydrolysis) is 1. The highest BCUT2D eigenvalue weighted by Crippen LogP contribution is 2.46. The molecule has 3 amide bonds. The van der Waals surface area contributed by atoms with Crippen molar-refractivity contribution >= 4 is 23.9 Å². The van der Waals surface area contributed by atoms with Gasteiger partial charge in [-0.1, -0.05) is 25.0 Å². The van der Waals surface area contributed by atoms with Crippen LogP contribution >= 0.6 is 0 Å². The third-order valence-electron chi connectivity index (χ3n) is 7.76. The lowest BCUT2D eigenvalue weighted by Crippen LogP contribution is -2.56. The zero-order valence-corrected chi connectivity index (χ0v) is 21.1. The summed E-state index contributed by atoms with van der Waals surface area (Å²) in [6.45, 7) is 1.90. The van der Waals surface area contributed by atoms with E-state index in [0.29, 0.717) is 12.8 Å². The Labute approximate surface area is 212 Å². The summed E-state index contributed by atoms with van der Waals surface area (Å²) in [5.74, 6) is -1.56. The van der Waals surface area contributed by atoms with E-state index in [1.54, 1.807) is 6.92 Å². The van der Waals surface area contributed by atoms with Crippen LogP contribution in [0.5, 0.6) is 0 Å². The second-order valence-electron chi connectivity index (χ2n) is 10.5. The number of rotatable bonds is 4. The molecular formula is C26H39N3O7. The Morgan fingerprint density at radius 1 is 1.17 bits per heavy atom. The minimum absolute atomic E-state index is 0.0114. The molecule has 4 rings (SSSR count). The first-order valence-corrected chi connectivity index (χ1v) is 13.5. The summed E-state index contributed by atoms with van der Waals surface area (Å²) in [6.07, 6.45) is 10.3. The van der Waals surface area contributed by atoms with Crippen molar-refractivity contribution in [2.75, 3.05) is 13.2 Å². The number of hydrogen-bond acceptors (Lipinski definition) is 7. The van der Waals surface area contributed by atoms with Crippen LogP contribution in [0.2, 0.25) is 0 Å². The summed E-state index contributed by atoms with van der Waals surface area (Å²) in [5, 5.41) is 16.0. The minimum Gasteiger partial charge on any atom is -0.464 e. The van der Waals surface area contributed by atoms with E-state index in [4.69, 9.17) is 9.47 Å². The predicted octanol–water partition coefficient (Wildman–Crippen LogP) is 1.94. The van der Waals surface area contributed by atoms with Gasteiger partial charge in [0.25, 0.3) is 0 Å². The third kappa shape index (κ3) is 6.02. The second-order valence-corrected chi connectivity index (χ2v) is 10.5. The maximum atomic E-state index is 13.6. The Hall–Kier alpha value is -2.62. The summed E-state index contributed by atoms with van der Waals surface area (Å²) in [7, 11) is 0. The van der Waals surface area contributed by atoms with Gasteiger partial charge < -0.3 is 30.1 Å². The van der Waals surface area contributed by atoms with Crippen molar-refractivity contribution in [2.45, 2.75) is 107 Å². The second kappa shape index (κ2) is 11.6. The first-order valence-electron chi connectivity index (χ1n) is 13.5. The molecule has 0 spiro atoms. The van der Waals surface area contributed by atoms with E-state index in [1.807, 2.05) is 12.2 Å². The zero-order valence-electron chi connectivity index (χ0n) is 21.1. The van der Waals surface area contributed by atoms with Gasteiger partial charge >= 0.3 is 12.1 Å². The molecule has 0 radical (unpaired) electrons. The van der Waals surface area contributed by atoms with Crippen LogP contribution < -0.4 is 10.6 Å². The van der Waals surface area contributed by atoms with E-state index >= 15 is 0 Å². The smallest absolute Gasteiger partial charge is 0.408 e. The summed E-state index contributed by atoms with van der Waals surface area (Å²) in [5.41, 5.74) is -1.14. The van der Waals surface area contributed by atoms with Crippen molar-refractivity contribution in [1.29, 1.82) is 0 Å². The van der Waals surface area contributed by atoms with Crippen molar-refractivity contribution in [3.63, 3.8) is 0 Å². The lowest BCUT2D eigenvalue weighted by Gasteiger charge is -2.29. The molecule has 5 atom stereocenters. The van der Waals surface area contributed by atoms with Gasteiger partial charge in [0.15, 0.2) is 0 Å². The van der Waals surface area contributed by atoms with Crippen molar-refractivity contribution in [3.8, 4) is 0 Å². The van der Waals surface area contributed by atoms with Crippen molar-refractivity contribution in [3.05, 3.63) is 12.2 Å². The van der Waals surface area contributed by atoms with Crippen molar-refractivity contribution < 1.29 is 33.8 Å². The lowest BCUT2D eigenvalue weighted by atomic mass is 10.0. The molecule has 0 aromatic heterocycles. The number of aliphatic hydroxyl groups is 1. The van der Waals surface area contributed by atoms with E-state index < -0.39 is 47.6 Å². The van der Waals surface area contributed by atoms with E-state index in [-0.39, 0.29) is 31.6 Å². The number of fused-ring (bicyclic) bond motifs is 2. The van der Waals surface area contributed by atoms with Crippen LogP contribution in [0, 0.1) is 5.92 Å². The van der Waals surface area contributed by atoms with Gasteiger partial charge in [0.1, 0.15) is 23.7 Å². The Kier molecular flexibility index (Phi) is 8.54. The molecule has 1 saturated heterocycles. The van der Waals surface area contributed by atoms with Crippen LogP contribution in [-0.4, -0.2) is 76.9 Å². The number of carbonyl (C=O) groups is 4. The Balaban J connectivity index is 1.52. The van der Waals surface area contributed by atoms with Gasteiger partial charge in [-0.05, 0) is 58.3 Å². The molecule has 3 fully saturated rings. The van der Waals surface area contributed by atoms with Crippen LogP contribution in [0.15, 0.2) is 12.2 Å². The monoisotopic (exact) mass is 505 g/mol. The predicted molar refractivity (Wildman–Crippen MR) is 130 cm³/mol. The molecule has 36 heavy (non-hydrogen) atoms. The average Bonchev–Trinajstić information content (AvgIpc) is 3.13. The number of nitrogens with one attached hydrogen (secondary N) is 2. The topological polar surface area (TPSA) is 134 Å². The first kappa shape index (κ1) is 26.4. The highest BCUT2D eigenvalue weighted by molar-refractivity contribution is 5.96. The Morgan fingerprint density at radius 2 is 1.92 bits per heavy atom. The molecule has 10 nitrogen and oxygen atoms in total. The minimum atomic E-state index is -1.14. The fraction of sp³-hybridized carbons (Fsp3) is 0.769. The molecule has 2 aliphatic heterocycles. The summed E-state index contributed by atoms with van der Waals surface area (Å²) < 4.78 is 10.8. The molecule has 0 aromatic carbocycles. The number of aliphatic hydroxyl groups excluding tert-OH is 1. The summed E-state index contributed by atoms with van der Waals surface area (Å²) in [6, 6.07) is -1.79. The molecule has 0 aromatic rings. The standard InChI is InChI=1S/C26H39N3O7/c1-2-35-24(33)26-15-17(26)10-6-4-3-5-7-13-20(27-25(34)36-19-11-8-9-12-19)23(32)29-16-18(30)14-21(29)22(31)28-26/h6,10,17-21,30H,2-5,7-9,11-16H2,1H3,(H,27,34)(H,28,31)/b10-6-/t17-,18+,20+,21+,26-/m1/s1. The van der Waals surface area contributed by atoms with Gasteiger partial charge in [-0.25, -0.2) is 9.59 Å². The summed E-state index contributed by atoms with van der Waals surface area (Å²) in [4.78, 5) is 53.7. The van der Waals surface area contributed by atoms with Crippen molar-refractivity contribution in [1.82, 2.24) is 15.5 Å². The SMILES string of the molecule is CCOC(=O)[C@@]12C[C@H]1/C=C\CCCCC[C@H](NC(=O)OC1CCCC1)C(=O)N1C[C@@H](O)C[C@H]1C(=O)N2. The first-order chi connectivity index (χ1) is 17.3. The van der Waals surface area contributed by atoms with Gasteiger partial charge in [0.05, 0.1) is 12.7 Å². The number of nitrogens with zero attached hydrogens (tertiary/aromatic N) is 1. The van der Waals surface area contributed by atoms with E-state index in [9.17, 15) is 24.3 Å². The summed E-state index contributed by atoms with van der Waals surface area (Å²) >= 11 is 0. The molecule has 3 N–H and O–H groups in total. The average molecular weight is 506 g/mol. The largest absolute Gasteiger partial charge is 0.464 e. The highest BCUT2D eigenvalue weighted by Gasteiger charge is 2.62. The number of carbonyl (C=O) groups excluding carboxylic acids is 4. The van der Waals surface area contributed by atoms with Gasteiger partial charge in [-0.3, -0.25) is 9.59 Å². The molecule has 0 bridgehead atoms. The van der Waals surface area contributed by atoms with Gasteiger partial charge in [-0.15, -0.1) is 0 Å². The molecule has 2 saturated carbocycles. The fourth-order valence-electron chi connectivity index (χ4n) is 5.66. The van der Waals surface area contributed by atoms with Crippen LogP contribution in [-0.2, 0) is 23.9 Å². The number of ether oxygens (including phenoxy) is 2. The van der Waals surface area contributed by atoms with Gasteiger partial charge in [0.2, 0.25) is 11.8 Å².